The minimum atomic E-state index is -4.34. The zero-order valence-corrected chi connectivity index (χ0v) is 11.6. The van der Waals surface area contributed by atoms with Gasteiger partial charge in [0.2, 0.25) is 5.91 Å². The van der Waals surface area contributed by atoms with Crippen LogP contribution in [0, 0.1) is 0 Å². The summed E-state index contributed by atoms with van der Waals surface area (Å²) >= 11 is 0. The molecule has 20 heavy (non-hydrogen) atoms. The first kappa shape index (κ1) is 15.6. The summed E-state index contributed by atoms with van der Waals surface area (Å²) in [5.74, 6) is -0.446. The zero-order chi connectivity index (χ0) is 14.8. The van der Waals surface area contributed by atoms with Gasteiger partial charge in [-0.15, -0.1) is 0 Å². The Morgan fingerprint density at radius 3 is 2.75 bits per heavy atom. The minimum Gasteiger partial charge on any atom is -0.377 e. The van der Waals surface area contributed by atoms with Crippen LogP contribution in [0.4, 0.5) is 13.2 Å². The number of amides is 1. The predicted molar refractivity (Wildman–Crippen MR) is 67.2 cm³/mol. The molecule has 0 aromatic rings. The number of ether oxygens (including phenoxy) is 1. The Kier molecular flexibility index (Phi) is 4.90. The highest BCUT2D eigenvalue weighted by molar-refractivity contribution is 5.82. The van der Waals surface area contributed by atoms with Gasteiger partial charge in [-0.3, -0.25) is 4.79 Å². The van der Waals surface area contributed by atoms with Gasteiger partial charge in [-0.1, -0.05) is 0 Å². The summed E-state index contributed by atoms with van der Waals surface area (Å²) in [6.07, 6.45) is -1.17. The van der Waals surface area contributed by atoms with Crippen LogP contribution >= 0.6 is 0 Å². The van der Waals surface area contributed by atoms with Crippen molar-refractivity contribution in [3.05, 3.63) is 0 Å². The van der Waals surface area contributed by atoms with E-state index < -0.39 is 24.7 Å². The lowest BCUT2D eigenvalue weighted by molar-refractivity contribution is -0.165. The van der Waals surface area contributed by atoms with Crippen molar-refractivity contribution in [2.75, 3.05) is 19.7 Å². The van der Waals surface area contributed by atoms with Gasteiger partial charge in [0.1, 0.15) is 6.54 Å². The first-order valence-corrected chi connectivity index (χ1v) is 7.10. The summed E-state index contributed by atoms with van der Waals surface area (Å²) in [6.45, 7) is 1.67. The molecule has 0 bridgehead atoms. The number of halogens is 3. The van der Waals surface area contributed by atoms with E-state index in [1.54, 1.807) is 0 Å². The second kappa shape index (κ2) is 6.30. The molecule has 0 radical (unpaired) electrons. The van der Waals surface area contributed by atoms with Gasteiger partial charge in [0.25, 0.3) is 0 Å². The quantitative estimate of drug-likeness (QED) is 0.858. The number of rotatable bonds is 4. The number of hydrogen-bond donors (Lipinski definition) is 1. The second-order valence-corrected chi connectivity index (χ2v) is 5.58. The number of alkyl halides is 3. The van der Waals surface area contributed by atoms with Crippen molar-refractivity contribution >= 4 is 5.91 Å². The largest absolute Gasteiger partial charge is 0.406 e. The molecule has 3 unspecified atom stereocenters. The highest BCUT2D eigenvalue weighted by Gasteiger charge is 2.38. The Balaban J connectivity index is 1.89. The molecule has 0 aliphatic carbocycles. The maximum absolute atomic E-state index is 12.4. The van der Waals surface area contributed by atoms with Crippen molar-refractivity contribution in [2.24, 2.45) is 0 Å². The number of carbonyl (C=O) groups excluding carboxylic acids is 1. The average Bonchev–Trinajstić information content (AvgIpc) is 2.86. The predicted octanol–water partition coefficient (Wildman–Crippen LogP) is 1.70. The van der Waals surface area contributed by atoms with Gasteiger partial charge < -0.3 is 15.0 Å². The van der Waals surface area contributed by atoms with E-state index in [1.165, 1.54) is 0 Å². The number of nitrogens with zero attached hydrogens (tertiary/aromatic N) is 1. The first-order valence-electron chi connectivity index (χ1n) is 7.10. The van der Waals surface area contributed by atoms with E-state index >= 15 is 0 Å². The molecular formula is C13H21F3N2O2. The highest BCUT2D eigenvalue weighted by Crippen LogP contribution is 2.22. The summed E-state index contributed by atoms with van der Waals surface area (Å²) < 4.78 is 42.8. The molecule has 3 atom stereocenters. The van der Waals surface area contributed by atoms with E-state index in [1.807, 2.05) is 6.92 Å². The molecular weight excluding hydrogens is 273 g/mol. The summed E-state index contributed by atoms with van der Waals surface area (Å²) in [5, 5.41) is 3.14. The Morgan fingerprint density at radius 2 is 2.15 bits per heavy atom. The smallest absolute Gasteiger partial charge is 0.377 e. The lowest BCUT2D eigenvalue weighted by Gasteiger charge is -2.35. The summed E-state index contributed by atoms with van der Waals surface area (Å²) in [6, 6.07) is -0.539. The zero-order valence-electron chi connectivity index (χ0n) is 11.6. The van der Waals surface area contributed by atoms with Crippen LogP contribution in [-0.4, -0.2) is 54.9 Å². The third kappa shape index (κ3) is 4.09. The van der Waals surface area contributed by atoms with Gasteiger partial charge in [-0.25, -0.2) is 0 Å². The van der Waals surface area contributed by atoms with Crippen molar-refractivity contribution in [2.45, 2.75) is 57.0 Å². The van der Waals surface area contributed by atoms with Crippen LogP contribution in [0.15, 0.2) is 0 Å². The van der Waals surface area contributed by atoms with E-state index in [2.05, 4.69) is 5.32 Å². The second-order valence-electron chi connectivity index (χ2n) is 5.58. The van der Waals surface area contributed by atoms with Gasteiger partial charge in [0.15, 0.2) is 0 Å². The van der Waals surface area contributed by atoms with Gasteiger partial charge in [-0.05, 0) is 32.6 Å². The molecule has 2 rings (SSSR count). The molecule has 1 amide bonds. The number of piperidine rings is 1. The first-order chi connectivity index (χ1) is 9.37. The molecule has 116 valence electrons. The third-order valence-electron chi connectivity index (χ3n) is 3.89. The van der Waals surface area contributed by atoms with Crippen LogP contribution in [0.1, 0.15) is 32.6 Å². The van der Waals surface area contributed by atoms with Crippen LogP contribution in [0.3, 0.4) is 0 Å². The van der Waals surface area contributed by atoms with Gasteiger partial charge >= 0.3 is 6.18 Å². The van der Waals surface area contributed by atoms with E-state index in [0.717, 1.165) is 24.3 Å². The topological polar surface area (TPSA) is 41.6 Å². The molecule has 2 fully saturated rings. The number of likely N-dealkylation sites (tertiary alicyclic amines) is 1. The maximum atomic E-state index is 12.4. The molecule has 4 nitrogen and oxygen atoms in total. The molecule has 0 aromatic carbocycles. The molecule has 2 heterocycles. The molecule has 1 N–H and O–H groups in total. The van der Waals surface area contributed by atoms with Crippen LogP contribution in [0.5, 0.6) is 0 Å². The van der Waals surface area contributed by atoms with Crippen LogP contribution in [0.25, 0.3) is 0 Å². The van der Waals surface area contributed by atoms with Crippen molar-refractivity contribution in [3.8, 4) is 0 Å². The molecule has 2 saturated heterocycles. The van der Waals surface area contributed by atoms with E-state index in [9.17, 15) is 18.0 Å². The van der Waals surface area contributed by atoms with Crippen LogP contribution in [-0.2, 0) is 9.53 Å². The van der Waals surface area contributed by atoms with Crippen molar-refractivity contribution in [1.29, 1.82) is 0 Å². The molecule has 7 heteroatoms. The van der Waals surface area contributed by atoms with Crippen molar-refractivity contribution in [1.82, 2.24) is 10.2 Å². The molecule has 0 aromatic heterocycles. The van der Waals surface area contributed by atoms with Crippen LogP contribution in [0.2, 0.25) is 0 Å². The monoisotopic (exact) mass is 294 g/mol. The van der Waals surface area contributed by atoms with E-state index in [-0.39, 0.29) is 18.7 Å². The third-order valence-corrected chi connectivity index (χ3v) is 3.89. The lowest BCUT2D eigenvalue weighted by Crippen LogP contribution is -2.56. The van der Waals surface area contributed by atoms with Gasteiger partial charge in [-0.2, -0.15) is 13.2 Å². The Hall–Kier alpha value is -0.820. The minimum absolute atomic E-state index is 0.0164. The lowest BCUT2D eigenvalue weighted by atomic mass is 10.0. The molecule has 0 saturated carbocycles. The van der Waals surface area contributed by atoms with E-state index in [0.29, 0.717) is 12.8 Å². The Bertz CT molecular complexity index is 343. The van der Waals surface area contributed by atoms with Crippen LogP contribution < -0.4 is 5.32 Å². The molecule has 2 aliphatic rings. The Labute approximate surface area is 116 Å². The normalized spacial score (nSPS) is 29.8. The fourth-order valence-corrected chi connectivity index (χ4v) is 2.89. The highest BCUT2D eigenvalue weighted by atomic mass is 19.4. The summed E-state index contributed by atoms with van der Waals surface area (Å²) in [5.41, 5.74) is 0. The summed E-state index contributed by atoms with van der Waals surface area (Å²) in [4.78, 5) is 13.0. The number of nitrogens with one attached hydrogen (secondary N) is 1. The average molecular weight is 294 g/mol. The maximum Gasteiger partial charge on any atom is 0.406 e. The fraction of sp³-hybridized carbons (Fsp3) is 0.923. The fourth-order valence-electron chi connectivity index (χ4n) is 2.89. The Morgan fingerprint density at radius 1 is 1.40 bits per heavy atom. The molecule has 0 spiro atoms. The van der Waals surface area contributed by atoms with Crippen molar-refractivity contribution in [3.63, 3.8) is 0 Å². The van der Waals surface area contributed by atoms with Crippen molar-refractivity contribution < 1.29 is 22.7 Å². The SMILES string of the molecule is CC(NC1CCCN(CC(F)(F)F)C1=O)C1CCCO1. The summed E-state index contributed by atoms with van der Waals surface area (Å²) in [7, 11) is 0. The standard InChI is InChI=1S/C13H21F3N2O2/c1-9(11-5-3-7-20-11)17-10-4-2-6-18(12(10)19)8-13(14,15)16/h9-11,17H,2-8H2,1H3. The molecule has 2 aliphatic heterocycles. The van der Waals surface area contributed by atoms with Gasteiger partial charge in [0.05, 0.1) is 12.1 Å². The number of carbonyl (C=O) groups is 1. The van der Waals surface area contributed by atoms with Gasteiger partial charge in [0, 0.05) is 19.2 Å². The number of hydrogen-bond acceptors (Lipinski definition) is 3. The van der Waals surface area contributed by atoms with E-state index in [4.69, 9.17) is 4.74 Å².